The minimum atomic E-state index is -0.0847. The van der Waals surface area contributed by atoms with E-state index in [1.807, 2.05) is 0 Å². The highest BCUT2D eigenvalue weighted by Crippen LogP contribution is 2.23. The van der Waals surface area contributed by atoms with Gasteiger partial charge in [0.25, 0.3) is 0 Å². The number of halogens is 1. The van der Waals surface area contributed by atoms with Gasteiger partial charge in [0.1, 0.15) is 0 Å². The fraction of sp³-hybridized carbons (Fsp3) is 0.333. The number of carbonyl (C=O) groups excluding carboxylic acids is 1. The second-order valence-corrected chi connectivity index (χ2v) is 4.98. The lowest BCUT2D eigenvalue weighted by molar-refractivity contribution is -0.124. The van der Waals surface area contributed by atoms with Crippen molar-refractivity contribution in [2.75, 3.05) is 5.43 Å². The average Bonchev–Trinajstić information content (AvgIpc) is 2.93. The summed E-state index contributed by atoms with van der Waals surface area (Å²) in [5.74, 6) is 0.170. The molecule has 2 heterocycles. The number of rotatable bonds is 3. The molecule has 0 aliphatic heterocycles. The largest absolute Gasteiger partial charge is 0.282 e. The van der Waals surface area contributed by atoms with E-state index in [9.17, 15) is 4.79 Å². The van der Waals surface area contributed by atoms with Crippen molar-refractivity contribution >= 4 is 23.3 Å². The molecule has 0 saturated heterocycles. The molecule has 1 aliphatic rings. The summed E-state index contributed by atoms with van der Waals surface area (Å²) in [6.07, 6.45) is 7.07. The van der Waals surface area contributed by atoms with Crippen LogP contribution in [0.3, 0.4) is 0 Å². The average molecular weight is 293 g/mol. The molecule has 1 amide bonds. The van der Waals surface area contributed by atoms with Crippen molar-refractivity contribution in [2.24, 2.45) is 5.92 Å². The molecule has 2 aromatic heterocycles. The van der Waals surface area contributed by atoms with Gasteiger partial charge in [0.15, 0.2) is 11.0 Å². The zero-order valence-electron chi connectivity index (χ0n) is 10.6. The van der Waals surface area contributed by atoms with Crippen LogP contribution in [0.15, 0.2) is 18.6 Å². The molecule has 0 saturated carbocycles. The Hall–Kier alpha value is -2.15. The quantitative estimate of drug-likeness (QED) is 0.736. The molecule has 3 rings (SSSR count). The number of fused-ring (bicyclic) bond motifs is 1. The number of amides is 1. The smallest absolute Gasteiger partial charge is 0.241 e. The summed E-state index contributed by atoms with van der Waals surface area (Å²) >= 11 is 5.85. The van der Waals surface area contributed by atoms with Gasteiger partial charge in [-0.05, 0) is 24.8 Å². The van der Waals surface area contributed by atoms with Gasteiger partial charge in [-0.25, -0.2) is 9.97 Å². The molecule has 7 nitrogen and oxygen atoms in total. The maximum Gasteiger partial charge on any atom is 0.241 e. The van der Waals surface area contributed by atoms with Gasteiger partial charge in [0.05, 0.1) is 6.20 Å². The standard InChI is InChI=1S/C12H13ClN6O/c13-10-11(15-4-3-14-10)18-19-12(20)7-1-2-9-8(5-7)6-16-17-9/h3-4,6-7H,1-2,5H2,(H,15,18)(H,16,17)(H,19,20). The maximum atomic E-state index is 12.1. The SMILES string of the molecule is O=C(NNc1nccnc1Cl)C1CCc2[nH]ncc2C1. The van der Waals surface area contributed by atoms with Crippen LogP contribution < -0.4 is 10.9 Å². The number of nitrogens with zero attached hydrogens (tertiary/aromatic N) is 3. The molecular formula is C12H13ClN6O. The van der Waals surface area contributed by atoms with Crippen molar-refractivity contribution in [1.82, 2.24) is 25.6 Å². The lowest BCUT2D eigenvalue weighted by Gasteiger charge is -2.21. The van der Waals surface area contributed by atoms with Crippen LogP contribution in [0.5, 0.6) is 0 Å². The summed E-state index contributed by atoms with van der Waals surface area (Å²) in [5.41, 5.74) is 7.55. The Bertz CT molecular complexity index is 628. The van der Waals surface area contributed by atoms with Crippen molar-refractivity contribution in [2.45, 2.75) is 19.3 Å². The van der Waals surface area contributed by atoms with Crippen LogP contribution in [0, 0.1) is 5.92 Å². The maximum absolute atomic E-state index is 12.1. The van der Waals surface area contributed by atoms with Gasteiger partial charge in [0.2, 0.25) is 5.91 Å². The minimum absolute atomic E-state index is 0.0805. The number of H-pyrrole nitrogens is 1. The van der Waals surface area contributed by atoms with E-state index in [2.05, 4.69) is 31.0 Å². The second kappa shape index (κ2) is 5.46. The number of hydrogen-bond donors (Lipinski definition) is 3. The highest BCUT2D eigenvalue weighted by Gasteiger charge is 2.25. The van der Waals surface area contributed by atoms with Crippen LogP contribution in [0.1, 0.15) is 17.7 Å². The molecule has 0 aromatic carbocycles. The van der Waals surface area contributed by atoms with E-state index in [0.29, 0.717) is 12.2 Å². The van der Waals surface area contributed by atoms with E-state index < -0.39 is 0 Å². The number of hydrogen-bond acceptors (Lipinski definition) is 5. The molecule has 104 valence electrons. The Morgan fingerprint density at radius 1 is 1.40 bits per heavy atom. The molecule has 0 fully saturated rings. The van der Waals surface area contributed by atoms with E-state index in [1.165, 1.54) is 12.4 Å². The van der Waals surface area contributed by atoms with Crippen LogP contribution in [-0.2, 0) is 17.6 Å². The van der Waals surface area contributed by atoms with Gasteiger partial charge in [-0.15, -0.1) is 0 Å². The first kappa shape index (κ1) is 12.9. The number of nitrogens with one attached hydrogen (secondary N) is 3. The fourth-order valence-electron chi connectivity index (χ4n) is 2.27. The molecule has 0 spiro atoms. The third-order valence-electron chi connectivity index (χ3n) is 3.35. The third-order valence-corrected chi connectivity index (χ3v) is 3.62. The van der Waals surface area contributed by atoms with Crippen molar-refractivity contribution in [3.05, 3.63) is 35.0 Å². The van der Waals surface area contributed by atoms with Crippen LogP contribution >= 0.6 is 11.6 Å². The molecule has 1 unspecified atom stereocenters. The lowest BCUT2D eigenvalue weighted by atomic mass is 9.87. The molecule has 2 aromatic rings. The molecule has 3 N–H and O–H groups in total. The number of aryl methyl sites for hydroxylation is 1. The van der Waals surface area contributed by atoms with E-state index in [1.54, 1.807) is 6.20 Å². The normalized spacial score (nSPS) is 17.4. The third kappa shape index (κ3) is 2.57. The Balaban J connectivity index is 1.59. The van der Waals surface area contributed by atoms with Crippen LogP contribution in [-0.4, -0.2) is 26.1 Å². The predicted molar refractivity (Wildman–Crippen MR) is 72.9 cm³/mol. The van der Waals surface area contributed by atoms with E-state index in [4.69, 9.17) is 11.6 Å². The predicted octanol–water partition coefficient (Wildman–Crippen LogP) is 1.10. The Labute approximate surface area is 120 Å². The number of aromatic nitrogens is 4. The topological polar surface area (TPSA) is 95.6 Å². The fourth-order valence-corrected chi connectivity index (χ4v) is 2.42. The van der Waals surface area contributed by atoms with Crippen LogP contribution in [0.4, 0.5) is 5.82 Å². The number of anilines is 1. The molecule has 20 heavy (non-hydrogen) atoms. The summed E-state index contributed by atoms with van der Waals surface area (Å²) in [6, 6.07) is 0. The van der Waals surface area contributed by atoms with Crippen molar-refractivity contribution < 1.29 is 4.79 Å². The molecule has 1 aliphatic carbocycles. The van der Waals surface area contributed by atoms with E-state index in [-0.39, 0.29) is 17.0 Å². The van der Waals surface area contributed by atoms with Gasteiger partial charge in [-0.3, -0.25) is 20.7 Å². The van der Waals surface area contributed by atoms with Crippen molar-refractivity contribution in [3.63, 3.8) is 0 Å². The minimum Gasteiger partial charge on any atom is -0.282 e. The second-order valence-electron chi connectivity index (χ2n) is 4.62. The van der Waals surface area contributed by atoms with Gasteiger partial charge in [-0.1, -0.05) is 11.6 Å². The van der Waals surface area contributed by atoms with E-state index >= 15 is 0 Å². The van der Waals surface area contributed by atoms with Crippen molar-refractivity contribution in [3.8, 4) is 0 Å². The Morgan fingerprint density at radius 2 is 2.25 bits per heavy atom. The van der Waals surface area contributed by atoms with Crippen LogP contribution in [0.2, 0.25) is 5.15 Å². The summed E-state index contributed by atoms with van der Waals surface area (Å²) in [6.45, 7) is 0. The molecule has 0 bridgehead atoms. The summed E-state index contributed by atoms with van der Waals surface area (Å²) in [4.78, 5) is 20.0. The number of aromatic amines is 1. The summed E-state index contributed by atoms with van der Waals surface area (Å²) < 4.78 is 0. The van der Waals surface area contributed by atoms with Gasteiger partial charge < -0.3 is 0 Å². The number of carbonyl (C=O) groups is 1. The van der Waals surface area contributed by atoms with Gasteiger partial charge in [0, 0.05) is 24.0 Å². The zero-order valence-corrected chi connectivity index (χ0v) is 11.3. The molecule has 0 radical (unpaired) electrons. The molecule has 8 heteroatoms. The highest BCUT2D eigenvalue weighted by atomic mass is 35.5. The summed E-state index contributed by atoms with van der Waals surface area (Å²) in [5, 5.41) is 7.16. The molecule has 1 atom stereocenters. The number of hydrazine groups is 1. The van der Waals surface area contributed by atoms with Gasteiger partial charge in [-0.2, -0.15) is 5.10 Å². The Morgan fingerprint density at radius 3 is 3.10 bits per heavy atom. The molecular weight excluding hydrogens is 280 g/mol. The highest BCUT2D eigenvalue weighted by molar-refractivity contribution is 6.31. The first-order valence-corrected chi connectivity index (χ1v) is 6.65. The summed E-state index contributed by atoms with van der Waals surface area (Å²) in [7, 11) is 0. The van der Waals surface area contributed by atoms with E-state index in [0.717, 1.165) is 24.1 Å². The van der Waals surface area contributed by atoms with Crippen LogP contribution in [0.25, 0.3) is 0 Å². The first-order valence-electron chi connectivity index (χ1n) is 6.27. The lowest BCUT2D eigenvalue weighted by Crippen LogP contribution is -2.37. The first-order chi connectivity index (χ1) is 9.74. The Kier molecular flexibility index (Phi) is 3.51. The van der Waals surface area contributed by atoms with Gasteiger partial charge >= 0.3 is 0 Å². The zero-order chi connectivity index (χ0) is 13.9. The monoisotopic (exact) mass is 292 g/mol. The van der Waals surface area contributed by atoms with Crippen molar-refractivity contribution in [1.29, 1.82) is 0 Å².